The molecule has 0 spiro atoms. The van der Waals surface area contributed by atoms with Crippen LogP contribution in [0.1, 0.15) is 24.6 Å². The Labute approximate surface area is 223 Å². The molecule has 4 aromatic rings. The number of hydrogen-bond acceptors (Lipinski definition) is 5. The van der Waals surface area contributed by atoms with Gasteiger partial charge in [-0.15, -0.1) is 11.3 Å². The van der Waals surface area contributed by atoms with Crippen molar-refractivity contribution in [3.8, 4) is 23.0 Å². The van der Waals surface area contributed by atoms with Crippen LogP contribution < -0.4 is 5.56 Å². The SMILES string of the molecule is CC1(F)CN(C(=O)Cn2cnc3sc(C#CCCCn4cccn4)c(-c4ccc(F)c(Br)c4)c3c2=O)C1. The molecule has 7 nitrogen and oxygen atoms in total. The Balaban J connectivity index is 1.49. The normalized spacial score (nSPS) is 14.3. The van der Waals surface area contributed by atoms with Crippen molar-refractivity contribution in [3.05, 3.63) is 68.5 Å². The molecule has 1 aromatic carbocycles. The predicted molar refractivity (Wildman–Crippen MR) is 141 cm³/mol. The molecule has 1 amide bonds. The van der Waals surface area contributed by atoms with Crippen LogP contribution in [0.4, 0.5) is 8.78 Å². The van der Waals surface area contributed by atoms with Gasteiger partial charge >= 0.3 is 0 Å². The van der Waals surface area contributed by atoms with Gasteiger partial charge in [0.05, 0.1) is 34.2 Å². The van der Waals surface area contributed by atoms with Gasteiger partial charge in [-0.1, -0.05) is 17.9 Å². The van der Waals surface area contributed by atoms with Crippen LogP contribution in [0.25, 0.3) is 21.3 Å². The molecule has 1 fully saturated rings. The number of thiophene rings is 1. The van der Waals surface area contributed by atoms with Crippen LogP contribution in [0, 0.1) is 17.7 Å². The van der Waals surface area contributed by atoms with Crippen molar-refractivity contribution in [2.24, 2.45) is 0 Å². The van der Waals surface area contributed by atoms with Crippen LogP contribution in [0.3, 0.4) is 0 Å². The third-order valence-electron chi connectivity index (χ3n) is 6.04. The Bertz CT molecular complexity index is 1590. The summed E-state index contributed by atoms with van der Waals surface area (Å²) in [7, 11) is 0. The predicted octanol–water partition coefficient (Wildman–Crippen LogP) is 4.63. The highest BCUT2D eigenvalue weighted by atomic mass is 79.9. The van der Waals surface area contributed by atoms with Crippen LogP contribution in [-0.2, 0) is 17.9 Å². The van der Waals surface area contributed by atoms with E-state index in [1.54, 1.807) is 18.3 Å². The van der Waals surface area contributed by atoms with Gasteiger partial charge in [-0.25, -0.2) is 13.8 Å². The average molecular weight is 586 g/mol. The van der Waals surface area contributed by atoms with E-state index in [4.69, 9.17) is 0 Å². The highest BCUT2D eigenvalue weighted by Gasteiger charge is 2.41. The summed E-state index contributed by atoms with van der Waals surface area (Å²) < 4.78 is 31.2. The molecule has 0 unspecified atom stereocenters. The molecule has 11 heteroatoms. The minimum absolute atomic E-state index is 0.00367. The Morgan fingerprint density at radius 2 is 2.14 bits per heavy atom. The lowest BCUT2D eigenvalue weighted by Gasteiger charge is -2.42. The maximum atomic E-state index is 14.0. The summed E-state index contributed by atoms with van der Waals surface area (Å²) in [5.74, 6) is 5.56. The van der Waals surface area contributed by atoms with E-state index in [1.807, 2.05) is 16.9 Å². The highest BCUT2D eigenvalue weighted by molar-refractivity contribution is 9.10. The summed E-state index contributed by atoms with van der Waals surface area (Å²) >= 11 is 4.50. The number of unbranched alkanes of at least 4 members (excludes halogenated alkanes) is 1. The number of halogens is 3. The molecular formula is C26H22BrF2N5O2S. The second kappa shape index (κ2) is 10.2. The van der Waals surface area contributed by atoms with E-state index in [0.29, 0.717) is 32.6 Å². The van der Waals surface area contributed by atoms with Crippen molar-refractivity contribution in [2.75, 3.05) is 13.1 Å². The molecule has 4 heterocycles. The molecule has 0 N–H and O–H groups in total. The molecule has 1 saturated heterocycles. The van der Waals surface area contributed by atoms with Gasteiger partial charge in [-0.05, 0) is 53.0 Å². The van der Waals surface area contributed by atoms with Gasteiger partial charge in [-0.3, -0.25) is 18.8 Å². The molecule has 1 aliphatic heterocycles. The van der Waals surface area contributed by atoms with Gasteiger partial charge in [0.25, 0.3) is 5.56 Å². The molecule has 1 aliphatic rings. The lowest BCUT2D eigenvalue weighted by atomic mass is 9.99. The van der Waals surface area contributed by atoms with Gasteiger partial charge in [0, 0.05) is 30.9 Å². The Hall–Kier alpha value is -3.36. The maximum absolute atomic E-state index is 14.0. The first-order chi connectivity index (χ1) is 17.7. The number of nitrogens with zero attached hydrogens (tertiary/aromatic N) is 5. The number of aromatic nitrogens is 4. The molecule has 0 radical (unpaired) electrons. The fourth-order valence-electron chi connectivity index (χ4n) is 4.23. The number of likely N-dealkylation sites (tertiary alicyclic amines) is 1. The molecule has 0 bridgehead atoms. The number of amides is 1. The van der Waals surface area contributed by atoms with Crippen molar-refractivity contribution < 1.29 is 13.6 Å². The number of rotatable bonds is 6. The standard InChI is InChI=1S/C26H22BrF2N5O2S/c1-26(29)14-33(15-26)21(35)13-32-16-30-24-23(25(32)36)22(17-7-8-19(28)18(27)12-17)20(37-24)6-3-2-4-10-34-11-5-9-31-34/h5,7-9,11-12,16H,2,4,10,13-15H2,1H3. The van der Waals surface area contributed by atoms with Crippen LogP contribution >= 0.6 is 27.3 Å². The topological polar surface area (TPSA) is 73.0 Å². The first kappa shape index (κ1) is 25.3. The van der Waals surface area contributed by atoms with Crippen LogP contribution in [0.2, 0.25) is 0 Å². The van der Waals surface area contributed by atoms with Crippen molar-refractivity contribution >= 4 is 43.4 Å². The quantitative estimate of drug-likeness (QED) is 0.244. The number of alkyl halides is 1. The zero-order chi connectivity index (χ0) is 26.2. The summed E-state index contributed by atoms with van der Waals surface area (Å²) in [6.07, 6.45) is 6.38. The number of hydrogen-bond donors (Lipinski definition) is 0. The van der Waals surface area contributed by atoms with E-state index in [2.05, 4.69) is 37.9 Å². The van der Waals surface area contributed by atoms with Gasteiger partial charge in [-0.2, -0.15) is 5.10 Å². The largest absolute Gasteiger partial charge is 0.335 e. The smallest absolute Gasteiger partial charge is 0.263 e. The van der Waals surface area contributed by atoms with E-state index in [9.17, 15) is 18.4 Å². The number of fused-ring (bicyclic) bond motifs is 1. The number of benzene rings is 1. The summed E-state index contributed by atoms with van der Waals surface area (Å²) in [5.41, 5.74) is -0.634. The summed E-state index contributed by atoms with van der Waals surface area (Å²) in [4.78, 5) is 33.0. The van der Waals surface area contributed by atoms with Crippen LogP contribution in [-0.4, -0.2) is 48.9 Å². The third kappa shape index (κ3) is 5.36. The highest BCUT2D eigenvalue weighted by Crippen LogP contribution is 2.37. The maximum Gasteiger partial charge on any atom is 0.263 e. The number of carbonyl (C=O) groups is 1. The van der Waals surface area contributed by atoms with Crippen LogP contribution in [0.15, 0.2) is 52.3 Å². The minimum Gasteiger partial charge on any atom is -0.335 e. The Morgan fingerprint density at radius 1 is 1.32 bits per heavy atom. The van der Waals surface area contributed by atoms with E-state index < -0.39 is 17.0 Å². The lowest BCUT2D eigenvalue weighted by Crippen LogP contribution is -2.60. The van der Waals surface area contributed by atoms with E-state index in [0.717, 1.165) is 13.0 Å². The monoisotopic (exact) mass is 585 g/mol. The molecule has 3 aromatic heterocycles. The minimum atomic E-state index is -1.40. The molecule has 37 heavy (non-hydrogen) atoms. The molecule has 5 rings (SSSR count). The van der Waals surface area contributed by atoms with Gasteiger partial charge in [0.1, 0.15) is 22.9 Å². The van der Waals surface area contributed by atoms with Crippen molar-refractivity contribution in [1.82, 2.24) is 24.2 Å². The van der Waals surface area contributed by atoms with Crippen molar-refractivity contribution in [3.63, 3.8) is 0 Å². The summed E-state index contributed by atoms with van der Waals surface area (Å²) in [6.45, 7) is 1.95. The van der Waals surface area contributed by atoms with Crippen molar-refractivity contribution in [2.45, 2.75) is 38.5 Å². The zero-order valence-corrected chi connectivity index (χ0v) is 22.3. The van der Waals surface area contributed by atoms with E-state index in [-0.39, 0.29) is 30.0 Å². The molecule has 0 saturated carbocycles. The Morgan fingerprint density at radius 3 is 2.84 bits per heavy atom. The second-order valence-corrected chi connectivity index (χ2v) is 11.0. The molecular weight excluding hydrogens is 564 g/mol. The third-order valence-corrected chi connectivity index (χ3v) is 7.66. The second-order valence-electron chi connectivity index (χ2n) is 9.13. The molecule has 0 aliphatic carbocycles. The lowest BCUT2D eigenvalue weighted by molar-refractivity contribution is -0.144. The first-order valence-electron chi connectivity index (χ1n) is 11.6. The average Bonchev–Trinajstić information content (AvgIpc) is 3.49. The van der Waals surface area contributed by atoms with E-state index in [1.165, 1.54) is 40.1 Å². The van der Waals surface area contributed by atoms with Gasteiger partial charge < -0.3 is 4.90 Å². The molecule has 190 valence electrons. The Kier molecular flexibility index (Phi) is 6.96. The molecule has 0 atom stereocenters. The fourth-order valence-corrected chi connectivity index (χ4v) is 5.64. The van der Waals surface area contributed by atoms with Gasteiger partial charge in [0.2, 0.25) is 5.91 Å². The summed E-state index contributed by atoms with van der Waals surface area (Å²) in [5, 5.41) is 4.50. The first-order valence-corrected chi connectivity index (χ1v) is 13.2. The van der Waals surface area contributed by atoms with E-state index >= 15 is 0 Å². The van der Waals surface area contributed by atoms with Crippen LogP contribution in [0.5, 0.6) is 0 Å². The van der Waals surface area contributed by atoms with Crippen molar-refractivity contribution in [1.29, 1.82) is 0 Å². The number of aryl methyl sites for hydroxylation is 1. The zero-order valence-electron chi connectivity index (χ0n) is 19.9. The fraction of sp³-hybridized carbons (Fsp3) is 0.308. The van der Waals surface area contributed by atoms with Gasteiger partial charge in [0.15, 0.2) is 0 Å². The summed E-state index contributed by atoms with van der Waals surface area (Å²) in [6, 6.07) is 6.38. The number of carbonyl (C=O) groups excluding carboxylic acids is 1.